The van der Waals surface area contributed by atoms with Gasteiger partial charge in [-0.1, -0.05) is 12.1 Å². The molecule has 0 N–H and O–H groups in total. The van der Waals surface area contributed by atoms with Crippen molar-refractivity contribution in [1.29, 1.82) is 0 Å². The molecule has 0 saturated carbocycles. The highest BCUT2D eigenvalue weighted by molar-refractivity contribution is 5.81. The second-order valence-electron chi connectivity index (χ2n) is 10.2. The predicted molar refractivity (Wildman–Crippen MR) is 129 cm³/mol. The molecule has 2 fully saturated rings. The number of piperidine rings is 1. The Morgan fingerprint density at radius 3 is 2.35 bits per heavy atom. The van der Waals surface area contributed by atoms with Crippen molar-refractivity contribution < 1.29 is 36.6 Å². The van der Waals surface area contributed by atoms with Crippen LogP contribution in [0.2, 0.25) is 0 Å². The lowest BCUT2D eigenvalue weighted by atomic mass is 9.86. The molecule has 0 bridgehead atoms. The van der Waals surface area contributed by atoms with Crippen LogP contribution < -0.4 is 4.74 Å². The number of carbonyl (C=O) groups excluding carboxylic acids is 2. The molecule has 4 rings (SSSR count). The minimum atomic E-state index is -4.59. The lowest BCUT2D eigenvalue weighted by Crippen LogP contribution is -2.43. The van der Waals surface area contributed by atoms with Crippen LogP contribution in [-0.2, 0) is 9.53 Å². The Hall–Kier alpha value is -2.78. The third-order valence-corrected chi connectivity index (χ3v) is 7.57. The molecule has 3 aliphatic rings. The van der Waals surface area contributed by atoms with Crippen molar-refractivity contribution in [1.82, 2.24) is 9.80 Å². The molecule has 1 aliphatic carbocycles. The Morgan fingerprint density at radius 1 is 1.05 bits per heavy atom. The molecular weight excluding hydrogens is 492 g/mol. The van der Waals surface area contributed by atoms with Crippen molar-refractivity contribution >= 4 is 17.6 Å². The Balaban J connectivity index is 1.23. The first-order chi connectivity index (χ1) is 17.6. The van der Waals surface area contributed by atoms with Crippen LogP contribution in [0.15, 0.2) is 24.3 Å². The van der Waals surface area contributed by atoms with Crippen molar-refractivity contribution in [3.63, 3.8) is 0 Å². The minimum Gasteiger partial charge on any atom is -0.490 e. The molecule has 0 spiro atoms. The van der Waals surface area contributed by atoms with Crippen LogP contribution in [-0.4, -0.2) is 66.9 Å². The number of amides is 2. The molecule has 0 aromatic heterocycles. The summed E-state index contributed by atoms with van der Waals surface area (Å²) in [4.78, 5) is 27.8. The number of hydrogen-bond donors (Lipinski definition) is 0. The van der Waals surface area contributed by atoms with E-state index < -0.39 is 24.2 Å². The fraction of sp³-hybridized carbons (Fsp3) is 0.630. The molecule has 10 heteroatoms. The van der Waals surface area contributed by atoms with E-state index in [1.807, 2.05) is 17.0 Å². The fourth-order valence-electron chi connectivity index (χ4n) is 5.12. The van der Waals surface area contributed by atoms with Gasteiger partial charge in [0.2, 0.25) is 5.91 Å². The average Bonchev–Trinajstić information content (AvgIpc) is 3.42. The van der Waals surface area contributed by atoms with E-state index in [1.54, 1.807) is 6.07 Å². The topological polar surface area (TPSA) is 59.1 Å². The van der Waals surface area contributed by atoms with Crippen LogP contribution in [0, 0.1) is 17.7 Å². The molecule has 2 unspecified atom stereocenters. The maximum absolute atomic E-state index is 14.8. The molecule has 1 aromatic carbocycles. The van der Waals surface area contributed by atoms with Gasteiger partial charge in [-0.2, -0.15) is 13.2 Å². The summed E-state index contributed by atoms with van der Waals surface area (Å²) in [7, 11) is 0. The first kappa shape index (κ1) is 27.3. The lowest BCUT2D eigenvalue weighted by molar-refractivity contribution is -0.199. The van der Waals surface area contributed by atoms with Crippen molar-refractivity contribution in [3.8, 4) is 5.75 Å². The highest BCUT2D eigenvalue weighted by Gasteiger charge is 2.40. The van der Waals surface area contributed by atoms with Crippen LogP contribution >= 0.6 is 0 Å². The number of nitrogens with zero attached hydrogens (tertiary/aromatic N) is 2. The molecule has 0 radical (unpaired) electrons. The predicted octanol–water partition coefficient (Wildman–Crippen LogP) is 5.81. The van der Waals surface area contributed by atoms with Gasteiger partial charge in [0.05, 0.1) is 6.61 Å². The third kappa shape index (κ3) is 6.96. The van der Waals surface area contributed by atoms with Gasteiger partial charge in [-0.15, -0.1) is 0 Å². The number of benzene rings is 1. The van der Waals surface area contributed by atoms with Crippen molar-refractivity contribution in [2.45, 2.75) is 64.1 Å². The van der Waals surface area contributed by atoms with E-state index in [4.69, 9.17) is 4.74 Å². The number of hydrogen-bond acceptors (Lipinski definition) is 4. The van der Waals surface area contributed by atoms with Crippen LogP contribution in [0.1, 0.15) is 57.4 Å². The molecule has 2 amide bonds. The number of halogens is 4. The summed E-state index contributed by atoms with van der Waals surface area (Å²) < 4.78 is 62.8. The molecule has 1 aromatic rings. The molecular formula is C27H34F4N2O4. The standard InChI is InChI=1S/C27H34F4N2O4/c1-18(27(29,30)31)37-26(35)33-14-10-19(11-15-33)17-36-24-9-8-22(16-23(24)28)20-4-6-21(7-5-20)25(34)32-12-2-3-13-32/h4,8-9,16,18-19,21H,2-3,5-7,10-15,17H2,1H3. The van der Waals surface area contributed by atoms with Crippen LogP contribution in [0.5, 0.6) is 5.75 Å². The summed E-state index contributed by atoms with van der Waals surface area (Å²) >= 11 is 0. The van der Waals surface area contributed by atoms with Crippen molar-refractivity contribution in [2.75, 3.05) is 32.8 Å². The van der Waals surface area contributed by atoms with E-state index >= 15 is 0 Å². The largest absolute Gasteiger partial charge is 0.490 e. The summed E-state index contributed by atoms with van der Waals surface area (Å²) in [6, 6.07) is 4.90. The first-order valence-electron chi connectivity index (χ1n) is 13.0. The molecule has 2 saturated heterocycles. The van der Waals surface area contributed by atoms with E-state index in [0.29, 0.717) is 19.3 Å². The van der Waals surface area contributed by atoms with Gasteiger partial charge >= 0.3 is 12.3 Å². The number of carbonyl (C=O) groups is 2. The molecule has 37 heavy (non-hydrogen) atoms. The zero-order chi connectivity index (χ0) is 26.6. The summed E-state index contributed by atoms with van der Waals surface area (Å²) in [6.45, 7) is 3.27. The average molecular weight is 527 g/mol. The molecule has 2 atom stereocenters. The SMILES string of the molecule is CC(OC(=O)N1CCC(COc2ccc(C3=CCC(C(=O)N4CCCC4)CC3)cc2F)CC1)C(F)(F)F. The summed E-state index contributed by atoms with van der Waals surface area (Å²) in [5.41, 5.74) is 1.83. The Labute approximate surface area is 214 Å². The van der Waals surface area contributed by atoms with Gasteiger partial charge < -0.3 is 19.3 Å². The van der Waals surface area contributed by atoms with Gasteiger partial charge in [0.1, 0.15) is 0 Å². The zero-order valence-electron chi connectivity index (χ0n) is 21.1. The number of allylic oxidation sites excluding steroid dienone is 2. The van der Waals surface area contributed by atoms with E-state index in [9.17, 15) is 27.2 Å². The number of rotatable bonds is 6. The van der Waals surface area contributed by atoms with E-state index in [2.05, 4.69) is 4.74 Å². The van der Waals surface area contributed by atoms with Crippen molar-refractivity contribution in [3.05, 3.63) is 35.7 Å². The van der Waals surface area contributed by atoms with E-state index in [-0.39, 0.29) is 43.2 Å². The van der Waals surface area contributed by atoms with Crippen molar-refractivity contribution in [2.24, 2.45) is 11.8 Å². The van der Waals surface area contributed by atoms with E-state index in [0.717, 1.165) is 56.8 Å². The fourth-order valence-corrected chi connectivity index (χ4v) is 5.12. The second-order valence-corrected chi connectivity index (χ2v) is 10.2. The molecule has 204 valence electrons. The van der Waals surface area contributed by atoms with E-state index in [1.165, 1.54) is 11.0 Å². The number of alkyl halides is 3. The highest BCUT2D eigenvalue weighted by atomic mass is 19.4. The van der Waals surface area contributed by atoms with Gasteiger partial charge in [-0.05, 0) is 81.1 Å². The Morgan fingerprint density at radius 2 is 1.76 bits per heavy atom. The van der Waals surface area contributed by atoms with Crippen LogP contribution in [0.4, 0.5) is 22.4 Å². The van der Waals surface area contributed by atoms with Crippen LogP contribution in [0.25, 0.3) is 5.57 Å². The van der Waals surface area contributed by atoms with Gasteiger partial charge in [0, 0.05) is 32.1 Å². The maximum atomic E-state index is 14.8. The quantitative estimate of drug-likeness (QED) is 0.439. The normalized spacial score (nSPS) is 22.0. The van der Waals surface area contributed by atoms with Gasteiger partial charge in [-0.25, -0.2) is 9.18 Å². The molecule has 2 heterocycles. The smallest absolute Gasteiger partial charge is 0.425 e. The van der Waals surface area contributed by atoms with Crippen LogP contribution in [0.3, 0.4) is 0 Å². The lowest BCUT2D eigenvalue weighted by Gasteiger charge is -2.32. The van der Waals surface area contributed by atoms with Gasteiger partial charge in [0.15, 0.2) is 17.7 Å². The Bertz CT molecular complexity index is 999. The minimum absolute atomic E-state index is 0.00983. The van der Waals surface area contributed by atoms with Gasteiger partial charge in [0.25, 0.3) is 0 Å². The number of likely N-dealkylation sites (tertiary alicyclic amines) is 2. The van der Waals surface area contributed by atoms with Gasteiger partial charge in [-0.3, -0.25) is 4.79 Å². The monoisotopic (exact) mass is 526 g/mol. The molecule has 2 aliphatic heterocycles. The highest BCUT2D eigenvalue weighted by Crippen LogP contribution is 2.34. The Kier molecular flexibility index (Phi) is 8.64. The number of ether oxygens (including phenoxy) is 2. The summed E-state index contributed by atoms with van der Waals surface area (Å²) in [5, 5.41) is 0. The zero-order valence-corrected chi connectivity index (χ0v) is 21.1. The second kappa shape index (κ2) is 11.7. The molecule has 6 nitrogen and oxygen atoms in total. The first-order valence-corrected chi connectivity index (χ1v) is 13.0. The third-order valence-electron chi connectivity index (χ3n) is 7.57. The summed E-state index contributed by atoms with van der Waals surface area (Å²) in [6.07, 6.45) is -0.308. The maximum Gasteiger partial charge on any atom is 0.425 e. The summed E-state index contributed by atoms with van der Waals surface area (Å²) in [5.74, 6) is -0.0230.